The Morgan fingerprint density at radius 2 is 2.11 bits per heavy atom. The first-order chi connectivity index (χ1) is 9.10. The molecule has 0 aliphatic heterocycles. The van der Waals surface area contributed by atoms with Crippen LogP contribution in [0.4, 0.5) is 5.69 Å². The van der Waals surface area contributed by atoms with E-state index in [2.05, 4.69) is 26.6 Å². The molecule has 5 heteroatoms. The minimum atomic E-state index is -0.1000. The normalized spacial score (nSPS) is 11.9. The Kier molecular flexibility index (Phi) is 4.27. The van der Waals surface area contributed by atoms with Crippen molar-refractivity contribution in [1.29, 1.82) is 0 Å². The van der Waals surface area contributed by atoms with Gasteiger partial charge in [-0.3, -0.25) is 4.79 Å². The van der Waals surface area contributed by atoms with E-state index in [0.29, 0.717) is 10.2 Å². The van der Waals surface area contributed by atoms with Crippen molar-refractivity contribution in [2.24, 2.45) is 0 Å². The molecule has 2 rings (SSSR count). The lowest BCUT2D eigenvalue weighted by Gasteiger charge is -2.13. The zero-order valence-corrected chi connectivity index (χ0v) is 12.3. The van der Waals surface area contributed by atoms with Crippen molar-refractivity contribution in [1.82, 2.24) is 5.32 Å². The summed E-state index contributed by atoms with van der Waals surface area (Å²) in [5, 5.41) is 5.90. The third kappa shape index (κ3) is 3.38. The summed E-state index contributed by atoms with van der Waals surface area (Å²) in [6.07, 6.45) is 0. The number of carbonyl (C=O) groups excluding carboxylic acids is 1. The maximum atomic E-state index is 11.6. The van der Waals surface area contributed by atoms with Gasteiger partial charge in [-0.25, -0.2) is 0 Å². The topological polar surface area (TPSA) is 54.3 Å². The lowest BCUT2D eigenvalue weighted by molar-refractivity contribution is 0.0963. The second-order valence-electron chi connectivity index (χ2n) is 4.17. The predicted molar refractivity (Wildman–Crippen MR) is 78.3 cm³/mol. The van der Waals surface area contributed by atoms with Crippen LogP contribution in [0, 0.1) is 0 Å². The molecule has 100 valence electrons. The molecule has 0 aliphatic rings. The maximum Gasteiger partial charge on any atom is 0.251 e. The number of halogens is 1. The molecule has 0 spiro atoms. The van der Waals surface area contributed by atoms with Crippen molar-refractivity contribution in [3.8, 4) is 0 Å². The third-order valence-corrected chi connectivity index (χ3v) is 3.18. The summed E-state index contributed by atoms with van der Waals surface area (Å²) in [6.45, 7) is 2.00. The van der Waals surface area contributed by atoms with Gasteiger partial charge < -0.3 is 15.1 Å². The average molecular weight is 323 g/mol. The first-order valence-corrected chi connectivity index (χ1v) is 6.73. The van der Waals surface area contributed by atoms with Crippen LogP contribution in [0.5, 0.6) is 0 Å². The summed E-state index contributed by atoms with van der Waals surface area (Å²) < 4.78 is 6.20. The van der Waals surface area contributed by atoms with Gasteiger partial charge in [-0.1, -0.05) is 6.07 Å². The van der Waals surface area contributed by atoms with E-state index in [1.54, 1.807) is 13.1 Å². The van der Waals surface area contributed by atoms with Gasteiger partial charge in [-0.15, -0.1) is 0 Å². The number of amides is 1. The van der Waals surface area contributed by atoms with Crippen molar-refractivity contribution in [3.05, 3.63) is 52.4 Å². The zero-order valence-electron chi connectivity index (χ0n) is 10.7. The van der Waals surface area contributed by atoms with Crippen molar-refractivity contribution in [2.45, 2.75) is 13.0 Å². The summed E-state index contributed by atoms with van der Waals surface area (Å²) >= 11 is 3.28. The van der Waals surface area contributed by atoms with Gasteiger partial charge in [0.05, 0.1) is 6.04 Å². The van der Waals surface area contributed by atoms with Crippen LogP contribution in [0.25, 0.3) is 0 Å². The molecular formula is C14H15BrN2O2. The van der Waals surface area contributed by atoms with Crippen LogP contribution in [-0.2, 0) is 0 Å². The Balaban J connectivity index is 2.12. The van der Waals surface area contributed by atoms with Crippen LogP contribution in [0.15, 0.2) is 45.5 Å². The summed E-state index contributed by atoms with van der Waals surface area (Å²) in [5.41, 5.74) is 1.50. The van der Waals surface area contributed by atoms with E-state index in [4.69, 9.17) is 4.42 Å². The number of furan rings is 1. The predicted octanol–water partition coefficient (Wildman–Crippen LogP) is 3.57. The quantitative estimate of drug-likeness (QED) is 0.904. The fourth-order valence-electron chi connectivity index (χ4n) is 1.78. The zero-order chi connectivity index (χ0) is 13.8. The van der Waals surface area contributed by atoms with Gasteiger partial charge in [0, 0.05) is 18.3 Å². The molecule has 0 saturated carbocycles. The standard InChI is InChI=1S/C14H15BrN2O2/c1-9(12-6-7-13(15)19-12)17-11-5-3-4-10(8-11)14(18)16-2/h3-9,17H,1-2H3,(H,16,18). The molecular weight excluding hydrogens is 308 g/mol. The Hall–Kier alpha value is -1.75. The van der Waals surface area contributed by atoms with Crippen LogP contribution in [-0.4, -0.2) is 13.0 Å². The van der Waals surface area contributed by atoms with Gasteiger partial charge in [-0.2, -0.15) is 0 Å². The monoisotopic (exact) mass is 322 g/mol. The van der Waals surface area contributed by atoms with Gasteiger partial charge in [0.1, 0.15) is 5.76 Å². The van der Waals surface area contributed by atoms with Crippen LogP contribution in [0.3, 0.4) is 0 Å². The molecule has 1 aromatic carbocycles. The maximum absolute atomic E-state index is 11.6. The van der Waals surface area contributed by atoms with Gasteiger partial charge in [0.25, 0.3) is 5.91 Å². The molecule has 1 amide bonds. The molecule has 0 radical (unpaired) electrons. The SMILES string of the molecule is CNC(=O)c1cccc(NC(C)c2ccc(Br)o2)c1. The summed E-state index contributed by atoms with van der Waals surface area (Å²) in [5.74, 6) is 0.731. The van der Waals surface area contributed by atoms with Crippen LogP contribution >= 0.6 is 15.9 Å². The van der Waals surface area contributed by atoms with Crippen molar-refractivity contribution in [2.75, 3.05) is 12.4 Å². The van der Waals surface area contributed by atoms with Gasteiger partial charge >= 0.3 is 0 Å². The minimum absolute atomic E-state index is 0.0197. The fraction of sp³-hybridized carbons (Fsp3) is 0.214. The second-order valence-corrected chi connectivity index (χ2v) is 4.95. The largest absolute Gasteiger partial charge is 0.452 e. The first kappa shape index (κ1) is 13.7. The van der Waals surface area contributed by atoms with E-state index >= 15 is 0 Å². The van der Waals surface area contributed by atoms with E-state index < -0.39 is 0 Å². The Morgan fingerprint density at radius 3 is 2.74 bits per heavy atom. The molecule has 1 heterocycles. The van der Waals surface area contributed by atoms with Gasteiger partial charge in [0.15, 0.2) is 4.67 Å². The molecule has 2 N–H and O–H groups in total. The molecule has 4 nitrogen and oxygen atoms in total. The Bertz CT molecular complexity index is 580. The fourth-order valence-corrected chi connectivity index (χ4v) is 2.10. The Morgan fingerprint density at radius 1 is 1.32 bits per heavy atom. The molecule has 0 saturated heterocycles. The number of anilines is 1. The smallest absolute Gasteiger partial charge is 0.251 e. The van der Waals surface area contributed by atoms with Crippen molar-refractivity contribution < 1.29 is 9.21 Å². The highest BCUT2D eigenvalue weighted by Crippen LogP contribution is 2.24. The highest BCUT2D eigenvalue weighted by molar-refractivity contribution is 9.10. The molecule has 0 aliphatic carbocycles. The number of benzene rings is 1. The Labute approximate surface area is 120 Å². The molecule has 2 aromatic rings. The van der Waals surface area contributed by atoms with Gasteiger partial charge in [-0.05, 0) is 53.2 Å². The lowest BCUT2D eigenvalue weighted by atomic mass is 10.1. The summed E-state index contributed by atoms with van der Waals surface area (Å²) in [4.78, 5) is 11.6. The summed E-state index contributed by atoms with van der Waals surface area (Å²) in [6, 6.07) is 11.1. The second kappa shape index (κ2) is 5.93. The van der Waals surface area contributed by atoms with Crippen LogP contribution < -0.4 is 10.6 Å². The average Bonchev–Trinajstić information content (AvgIpc) is 2.85. The molecule has 1 atom stereocenters. The van der Waals surface area contributed by atoms with E-state index in [9.17, 15) is 4.79 Å². The summed E-state index contributed by atoms with van der Waals surface area (Å²) in [7, 11) is 1.62. The van der Waals surface area contributed by atoms with E-state index in [0.717, 1.165) is 11.4 Å². The highest BCUT2D eigenvalue weighted by atomic mass is 79.9. The lowest BCUT2D eigenvalue weighted by Crippen LogP contribution is -2.18. The highest BCUT2D eigenvalue weighted by Gasteiger charge is 2.10. The van der Waals surface area contributed by atoms with Gasteiger partial charge in [0.2, 0.25) is 0 Å². The number of hydrogen-bond donors (Lipinski definition) is 2. The van der Waals surface area contributed by atoms with E-state index in [1.165, 1.54) is 0 Å². The number of rotatable bonds is 4. The van der Waals surface area contributed by atoms with Crippen LogP contribution in [0.2, 0.25) is 0 Å². The number of carbonyl (C=O) groups is 1. The molecule has 1 aromatic heterocycles. The molecule has 0 bridgehead atoms. The molecule has 19 heavy (non-hydrogen) atoms. The molecule has 0 fully saturated rings. The molecule has 1 unspecified atom stereocenters. The first-order valence-electron chi connectivity index (χ1n) is 5.94. The van der Waals surface area contributed by atoms with Crippen LogP contribution in [0.1, 0.15) is 29.1 Å². The van der Waals surface area contributed by atoms with Crippen molar-refractivity contribution >= 4 is 27.5 Å². The van der Waals surface area contributed by atoms with Crippen molar-refractivity contribution in [3.63, 3.8) is 0 Å². The minimum Gasteiger partial charge on any atom is -0.452 e. The van der Waals surface area contributed by atoms with E-state index in [-0.39, 0.29) is 11.9 Å². The third-order valence-electron chi connectivity index (χ3n) is 2.76. The number of nitrogens with one attached hydrogen (secondary N) is 2. The number of hydrogen-bond acceptors (Lipinski definition) is 3. The van der Waals surface area contributed by atoms with E-state index in [1.807, 2.05) is 37.3 Å².